The average Bonchev–Trinajstić information content (AvgIpc) is 2.81. The predicted molar refractivity (Wildman–Crippen MR) is 77.3 cm³/mol. The third kappa shape index (κ3) is 2.06. The lowest BCUT2D eigenvalue weighted by atomic mass is 10.1. The van der Waals surface area contributed by atoms with Gasteiger partial charge in [-0.15, -0.1) is 0 Å². The first-order valence-electron chi connectivity index (χ1n) is 6.47. The molecule has 0 radical (unpaired) electrons. The SMILES string of the molecule is Cc1cc(Nc2ccc3c(c2)CCC3)ccc1N. The van der Waals surface area contributed by atoms with Gasteiger partial charge < -0.3 is 11.1 Å². The summed E-state index contributed by atoms with van der Waals surface area (Å²) in [6, 6.07) is 12.7. The number of aryl methyl sites for hydroxylation is 3. The van der Waals surface area contributed by atoms with Crippen LogP contribution in [0.1, 0.15) is 23.1 Å². The quantitative estimate of drug-likeness (QED) is 0.781. The van der Waals surface area contributed by atoms with Gasteiger partial charge in [-0.25, -0.2) is 0 Å². The first-order chi connectivity index (χ1) is 8.72. The Morgan fingerprint density at radius 2 is 1.67 bits per heavy atom. The van der Waals surface area contributed by atoms with Crippen LogP contribution < -0.4 is 11.1 Å². The molecule has 0 saturated carbocycles. The summed E-state index contributed by atoms with van der Waals surface area (Å²) in [5, 5.41) is 3.45. The van der Waals surface area contributed by atoms with Crippen molar-refractivity contribution in [2.24, 2.45) is 0 Å². The van der Waals surface area contributed by atoms with Crippen LogP contribution in [0.3, 0.4) is 0 Å². The largest absolute Gasteiger partial charge is 0.399 e. The second-order valence-electron chi connectivity index (χ2n) is 5.03. The van der Waals surface area contributed by atoms with Crippen LogP contribution in [0.15, 0.2) is 36.4 Å². The van der Waals surface area contributed by atoms with Gasteiger partial charge in [0.05, 0.1) is 0 Å². The molecular formula is C16H18N2. The molecular weight excluding hydrogens is 220 g/mol. The Labute approximate surface area is 108 Å². The zero-order valence-electron chi connectivity index (χ0n) is 10.7. The van der Waals surface area contributed by atoms with E-state index in [2.05, 4.69) is 29.6 Å². The van der Waals surface area contributed by atoms with Crippen molar-refractivity contribution >= 4 is 17.1 Å². The fourth-order valence-electron chi connectivity index (χ4n) is 2.57. The monoisotopic (exact) mass is 238 g/mol. The highest BCUT2D eigenvalue weighted by Gasteiger charge is 2.10. The lowest BCUT2D eigenvalue weighted by Gasteiger charge is -2.10. The van der Waals surface area contributed by atoms with Crippen molar-refractivity contribution < 1.29 is 0 Å². The van der Waals surface area contributed by atoms with Crippen LogP contribution in [0.5, 0.6) is 0 Å². The predicted octanol–water partition coefficient (Wildman–Crippen LogP) is 3.81. The van der Waals surface area contributed by atoms with Crippen molar-refractivity contribution in [3.8, 4) is 0 Å². The Morgan fingerprint density at radius 1 is 0.944 bits per heavy atom. The highest BCUT2D eigenvalue weighted by molar-refractivity contribution is 5.65. The highest BCUT2D eigenvalue weighted by atomic mass is 14.9. The van der Waals surface area contributed by atoms with E-state index in [9.17, 15) is 0 Å². The maximum absolute atomic E-state index is 5.83. The molecule has 0 aliphatic heterocycles. The Kier molecular flexibility index (Phi) is 2.71. The smallest absolute Gasteiger partial charge is 0.0388 e. The van der Waals surface area contributed by atoms with Gasteiger partial charge in [0.15, 0.2) is 0 Å². The number of benzene rings is 2. The third-order valence-corrected chi connectivity index (χ3v) is 3.66. The first-order valence-corrected chi connectivity index (χ1v) is 6.47. The van der Waals surface area contributed by atoms with Gasteiger partial charge in [0.25, 0.3) is 0 Å². The summed E-state index contributed by atoms with van der Waals surface area (Å²) in [6.45, 7) is 2.03. The number of hydrogen-bond acceptors (Lipinski definition) is 2. The first kappa shape index (κ1) is 11.1. The van der Waals surface area contributed by atoms with Crippen molar-refractivity contribution in [2.75, 3.05) is 11.1 Å². The molecule has 18 heavy (non-hydrogen) atoms. The number of rotatable bonds is 2. The second kappa shape index (κ2) is 4.37. The molecule has 0 heterocycles. The minimum absolute atomic E-state index is 0.842. The van der Waals surface area contributed by atoms with Crippen molar-refractivity contribution in [3.05, 3.63) is 53.1 Å². The van der Waals surface area contributed by atoms with Crippen molar-refractivity contribution in [2.45, 2.75) is 26.2 Å². The van der Waals surface area contributed by atoms with E-state index in [0.717, 1.165) is 16.9 Å². The van der Waals surface area contributed by atoms with Crippen LogP contribution in [0.4, 0.5) is 17.1 Å². The molecule has 0 saturated heterocycles. The van der Waals surface area contributed by atoms with Crippen LogP contribution in [-0.2, 0) is 12.8 Å². The molecule has 0 atom stereocenters. The van der Waals surface area contributed by atoms with Gasteiger partial charge in [0.1, 0.15) is 0 Å². The number of nitrogens with two attached hydrogens (primary N) is 1. The minimum Gasteiger partial charge on any atom is -0.399 e. The summed E-state index contributed by atoms with van der Waals surface area (Å²) in [5.74, 6) is 0. The second-order valence-corrected chi connectivity index (χ2v) is 5.03. The van der Waals surface area contributed by atoms with Gasteiger partial charge in [0, 0.05) is 17.1 Å². The molecule has 1 aliphatic rings. The lowest BCUT2D eigenvalue weighted by Crippen LogP contribution is -1.95. The van der Waals surface area contributed by atoms with E-state index in [1.165, 1.54) is 36.1 Å². The molecule has 0 fully saturated rings. The Hall–Kier alpha value is -1.96. The van der Waals surface area contributed by atoms with Gasteiger partial charge in [-0.3, -0.25) is 0 Å². The van der Waals surface area contributed by atoms with Crippen LogP contribution in [0, 0.1) is 6.92 Å². The van der Waals surface area contributed by atoms with E-state index in [4.69, 9.17) is 5.73 Å². The summed E-state index contributed by atoms with van der Waals surface area (Å²) in [5.41, 5.74) is 13.0. The average molecular weight is 238 g/mol. The number of nitrogens with one attached hydrogen (secondary N) is 1. The topological polar surface area (TPSA) is 38.0 Å². The van der Waals surface area contributed by atoms with E-state index in [1.54, 1.807) is 0 Å². The minimum atomic E-state index is 0.842. The van der Waals surface area contributed by atoms with E-state index in [0.29, 0.717) is 0 Å². The van der Waals surface area contributed by atoms with E-state index in [-0.39, 0.29) is 0 Å². The summed E-state index contributed by atoms with van der Waals surface area (Å²) in [7, 11) is 0. The van der Waals surface area contributed by atoms with E-state index >= 15 is 0 Å². The molecule has 0 bridgehead atoms. The molecule has 3 rings (SSSR count). The molecule has 2 aromatic carbocycles. The molecule has 0 aromatic heterocycles. The Balaban J connectivity index is 1.85. The van der Waals surface area contributed by atoms with E-state index < -0.39 is 0 Å². The molecule has 2 nitrogen and oxygen atoms in total. The van der Waals surface area contributed by atoms with E-state index in [1.807, 2.05) is 19.1 Å². The van der Waals surface area contributed by atoms with Gasteiger partial charge in [0.2, 0.25) is 0 Å². The molecule has 1 aliphatic carbocycles. The number of fused-ring (bicyclic) bond motifs is 1. The number of nitrogen functional groups attached to an aromatic ring is 1. The normalized spacial score (nSPS) is 13.4. The zero-order valence-corrected chi connectivity index (χ0v) is 10.7. The van der Waals surface area contributed by atoms with Crippen molar-refractivity contribution in [1.29, 1.82) is 0 Å². The van der Waals surface area contributed by atoms with Crippen molar-refractivity contribution in [1.82, 2.24) is 0 Å². The molecule has 0 amide bonds. The number of hydrogen-bond donors (Lipinski definition) is 2. The molecule has 3 N–H and O–H groups in total. The van der Waals surface area contributed by atoms with Crippen LogP contribution in [-0.4, -0.2) is 0 Å². The molecule has 92 valence electrons. The van der Waals surface area contributed by atoms with Gasteiger partial charge in [-0.1, -0.05) is 6.07 Å². The fourth-order valence-corrected chi connectivity index (χ4v) is 2.57. The lowest BCUT2D eigenvalue weighted by molar-refractivity contribution is 0.912. The summed E-state index contributed by atoms with van der Waals surface area (Å²) >= 11 is 0. The summed E-state index contributed by atoms with van der Waals surface area (Å²) < 4.78 is 0. The molecule has 0 unspecified atom stereocenters. The summed E-state index contributed by atoms with van der Waals surface area (Å²) in [4.78, 5) is 0. The standard InChI is InChI=1S/C16H18N2/c1-11-9-14(7-8-16(11)17)18-15-6-5-12-3-2-4-13(12)10-15/h5-10,18H,2-4,17H2,1H3. The van der Waals surface area contributed by atoms with Crippen LogP contribution in [0.2, 0.25) is 0 Å². The molecule has 2 heteroatoms. The van der Waals surface area contributed by atoms with Gasteiger partial charge in [-0.05, 0) is 73.2 Å². The summed E-state index contributed by atoms with van der Waals surface area (Å²) in [6.07, 6.45) is 3.74. The van der Waals surface area contributed by atoms with Gasteiger partial charge in [-0.2, -0.15) is 0 Å². The maximum atomic E-state index is 5.83. The van der Waals surface area contributed by atoms with Gasteiger partial charge >= 0.3 is 0 Å². The van der Waals surface area contributed by atoms with Crippen LogP contribution >= 0.6 is 0 Å². The third-order valence-electron chi connectivity index (χ3n) is 3.66. The molecule has 2 aromatic rings. The Morgan fingerprint density at radius 3 is 2.50 bits per heavy atom. The van der Waals surface area contributed by atoms with Crippen LogP contribution in [0.25, 0.3) is 0 Å². The zero-order chi connectivity index (χ0) is 12.5. The number of anilines is 3. The van der Waals surface area contributed by atoms with Crippen molar-refractivity contribution in [3.63, 3.8) is 0 Å². The Bertz CT molecular complexity index is 588. The molecule has 0 spiro atoms. The highest BCUT2D eigenvalue weighted by Crippen LogP contribution is 2.27. The maximum Gasteiger partial charge on any atom is 0.0388 e. The fraction of sp³-hybridized carbons (Fsp3) is 0.250.